The standard InChI is InChI=1S/C40H51N7O7S3/c1-9-23-18-40(23,37(50)46-57(51,52)25-10-11-25)45-34(48)29-16-24(19-47(29)36(49)33(39(5,6)7)44-38-41-14-15-55-38)54-31-17-27(35-43-28(20-56-35)21(2)3)42-32-22(4)30(53-8)13-12-26(31)32/h12-15,17,20-21,23-25,29,33H,9-11,16,18-19H2,1-8H3,(H,41,44)(H,45,48)(H,46,50)/t23-,24-,29+,33-,40-/m1/s1. The second kappa shape index (κ2) is 15.4. The zero-order valence-corrected chi connectivity index (χ0v) is 36.0. The summed E-state index contributed by atoms with van der Waals surface area (Å²) in [5.74, 6) is -0.447. The minimum Gasteiger partial charge on any atom is -0.496 e. The van der Waals surface area contributed by atoms with E-state index in [1.165, 1.54) is 27.6 Å². The number of hydrogen-bond acceptors (Lipinski definition) is 13. The van der Waals surface area contributed by atoms with Gasteiger partial charge in [-0.3, -0.25) is 19.1 Å². The van der Waals surface area contributed by atoms with Gasteiger partial charge in [0, 0.05) is 40.4 Å². The number of carbonyl (C=O) groups excluding carboxylic acids is 3. The van der Waals surface area contributed by atoms with Crippen LogP contribution < -0.4 is 24.8 Å². The second-order valence-corrected chi connectivity index (χ2v) is 20.4. The van der Waals surface area contributed by atoms with Crippen LogP contribution in [0.15, 0.2) is 35.2 Å². The second-order valence-electron chi connectivity index (χ2n) is 16.7. The number of carbonyl (C=O) groups is 3. The SMILES string of the molecule is CC[C@@H]1C[C@]1(NC(=O)[C@@H]1C[C@@H](Oc2cc(-c3nc(C(C)C)cs3)nc3c(C)c(OC)ccc23)CN1C(=O)[C@@H](Nc1nccs1)C(C)(C)C)C(=O)NS(=O)(=O)C1CC1. The number of rotatable bonds is 14. The molecule has 306 valence electrons. The van der Waals surface area contributed by atoms with Crippen LogP contribution in [0.25, 0.3) is 21.6 Å². The highest BCUT2D eigenvalue weighted by atomic mass is 32.2. The van der Waals surface area contributed by atoms with Gasteiger partial charge in [0.25, 0.3) is 5.91 Å². The predicted molar refractivity (Wildman–Crippen MR) is 221 cm³/mol. The van der Waals surface area contributed by atoms with Crippen molar-refractivity contribution in [1.29, 1.82) is 0 Å². The predicted octanol–water partition coefficient (Wildman–Crippen LogP) is 6.02. The lowest BCUT2D eigenvalue weighted by Crippen LogP contribution is -2.58. The largest absolute Gasteiger partial charge is 0.496 e. The van der Waals surface area contributed by atoms with Crippen LogP contribution in [0.2, 0.25) is 0 Å². The summed E-state index contributed by atoms with van der Waals surface area (Å²) in [5, 5.41) is 11.5. The highest BCUT2D eigenvalue weighted by Crippen LogP contribution is 2.47. The van der Waals surface area contributed by atoms with Gasteiger partial charge in [-0.1, -0.05) is 48.0 Å². The Kier molecular flexibility index (Phi) is 11.1. The molecule has 1 aromatic carbocycles. The third-order valence-electron chi connectivity index (χ3n) is 11.2. The summed E-state index contributed by atoms with van der Waals surface area (Å²) < 4.78 is 40.4. The van der Waals surface area contributed by atoms with E-state index in [1.54, 1.807) is 13.3 Å². The van der Waals surface area contributed by atoms with Gasteiger partial charge >= 0.3 is 0 Å². The first-order valence-electron chi connectivity index (χ1n) is 19.4. The van der Waals surface area contributed by atoms with Gasteiger partial charge in [-0.25, -0.2) is 23.4 Å². The Morgan fingerprint density at radius 3 is 2.46 bits per heavy atom. The number of amides is 3. The number of hydrogen-bond donors (Lipinski definition) is 3. The summed E-state index contributed by atoms with van der Waals surface area (Å²) in [5.41, 5.74) is 1.08. The first kappa shape index (κ1) is 40.8. The van der Waals surface area contributed by atoms with E-state index in [2.05, 4.69) is 34.2 Å². The molecule has 3 aromatic heterocycles. The molecule has 0 unspecified atom stereocenters. The summed E-state index contributed by atoms with van der Waals surface area (Å²) in [6.45, 7) is 13.9. The molecule has 1 saturated heterocycles. The van der Waals surface area contributed by atoms with Crippen molar-refractivity contribution in [1.82, 2.24) is 29.9 Å². The molecule has 57 heavy (non-hydrogen) atoms. The van der Waals surface area contributed by atoms with Crippen molar-refractivity contribution < 1.29 is 32.3 Å². The maximum absolute atomic E-state index is 14.8. The Balaban J connectivity index is 1.24. The highest BCUT2D eigenvalue weighted by molar-refractivity contribution is 7.91. The van der Waals surface area contributed by atoms with Crippen molar-refractivity contribution in [3.8, 4) is 22.2 Å². The summed E-state index contributed by atoms with van der Waals surface area (Å²) in [7, 11) is -2.24. The van der Waals surface area contributed by atoms with Crippen LogP contribution in [0.3, 0.4) is 0 Å². The molecule has 5 atom stereocenters. The molecule has 0 spiro atoms. The third-order valence-corrected chi connectivity index (χ3v) is 14.6. The van der Waals surface area contributed by atoms with Gasteiger partial charge in [0.15, 0.2) is 5.13 Å². The van der Waals surface area contributed by atoms with E-state index in [0.717, 1.165) is 21.7 Å². The number of likely N-dealkylation sites (tertiary alicyclic amines) is 1. The van der Waals surface area contributed by atoms with Crippen LogP contribution in [-0.4, -0.2) is 88.6 Å². The van der Waals surface area contributed by atoms with Gasteiger partial charge in [-0.2, -0.15) is 0 Å². The number of benzene rings is 1. The van der Waals surface area contributed by atoms with Crippen molar-refractivity contribution in [2.45, 2.75) is 115 Å². The minimum atomic E-state index is -3.85. The molecule has 4 heterocycles. The molecular weight excluding hydrogens is 787 g/mol. The Morgan fingerprint density at radius 2 is 1.86 bits per heavy atom. The number of fused-ring (bicyclic) bond motifs is 1. The molecular formula is C40H51N7O7S3. The highest BCUT2D eigenvalue weighted by Gasteiger charge is 2.62. The maximum atomic E-state index is 14.8. The summed E-state index contributed by atoms with van der Waals surface area (Å²) in [6, 6.07) is 3.80. The number of nitrogens with zero attached hydrogens (tertiary/aromatic N) is 4. The van der Waals surface area contributed by atoms with Crippen molar-refractivity contribution >= 4 is 66.5 Å². The van der Waals surface area contributed by atoms with Crippen LogP contribution in [0, 0.1) is 18.3 Å². The quantitative estimate of drug-likeness (QED) is 0.135. The lowest BCUT2D eigenvalue weighted by molar-refractivity contribution is -0.141. The smallest absolute Gasteiger partial charge is 0.259 e. The molecule has 3 aliphatic rings. The fourth-order valence-electron chi connectivity index (χ4n) is 7.56. The van der Waals surface area contributed by atoms with E-state index >= 15 is 0 Å². The van der Waals surface area contributed by atoms with Gasteiger partial charge in [-0.05, 0) is 55.6 Å². The van der Waals surface area contributed by atoms with Crippen molar-refractivity contribution in [3.63, 3.8) is 0 Å². The number of aryl methyl sites for hydroxylation is 1. The first-order valence-corrected chi connectivity index (χ1v) is 22.7. The molecule has 17 heteroatoms. The lowest BCUT2D eigenvalue weighted by Gasteiger charge is -2.35. The van der Waals surface area contributed by atoms with E-state index in [9.17, 15) is 22.8 Å². The van der Waals surface area contributed by atoms with E-state index in [1.807, 2.05) is 63.6 Å². The van der Waals surface area contributed by atoms with E-state index in [4.69, 9.17) is 19.4 Å². The van der Waals surface area contributed by atoms with Gasteiger partial charge in [0.2, 0.25) is 21.8 Å². The number of thiazole rings is 2. The van der Waals surface area contributed by atoms with Gasteiger partial charge < -0.3 is 25.0 Å². The number of nitrogens with one attached hydrogen (secondary N) is 3. The molecule has 3 N–H and O–H groups in total. The van der Waals surface area contributed by atoms with Crippen molar-refractivity contribution in [3.05, 3.63) is 46.4 Å². The fraction of sp³-hybridized carbons (Fsp3) is 0.550. The lowest BCUT2D eigenvalue weighted by atomic mass is 9.85. The van der Waals surface area contributed by atoms with Gasteiger partial charge in [0.05, 0.1) is 30.1 Å². The molecule has 0 bridgehead atoms. The average Bonchev–Trinajstić information content (AvgIpc) is 3.92. The number of ether oxygens (including phenoxy) is 2. The summed E-state index contributed by atoms with van der Waals surface area (Å²) >= 11 is 2.87. The molecule has 0 radical (unpaired) electrons. The molecule has 14 nitrogen and oxygen atoms in total. The van der Waals surface area contributed by atoms with Crippen LogP contribution in [0.4, 0.5) is 5.13 Å². The van der Waals surface area contributed by atoms with E-state index < -0.39 is 56.2 Å². The Labute approximate surface area is 341 Å². The number of methoxy groups -OCH3 is 1. The van der Waals surface area contributed by atoms with Gasteiger partial charge in [-0.15, -0.1) is 22.7 Å². The zero-order valence-electron chi connectivity index (χ0n) is 33.5. The van der Waals surface area contributed by atoms with Gasteiger partial charge in [0.1, 0.15) is 45.9 Å². The van der Waals surface area contributed by atoms with E-state index in [0.29, 0.717) is 53.5 Å². The number of sulfonamides is 1. The molecule has 3 fully saturated rings. The summed E-state index contributed by atoms with van der Waals surface area (Å²) in [6.07, 6.45) is 2.96. The van der Waals surface area contributed by atoms with Crippen LogP contribution in [0.1, 0.15) is 90.8 Å². The fourth-order valence-corrected chi connectivity index (χ4v) is 10.4. The Morgan fingerprint density at radius 1 is 1.11 bits per heavy atom. The van der Waals surface area contributed by atoms with E-state index in [-0.39, 0.29) is 30.7 Å². The van der Waals surface area contributed by atoms with Crippen molar-refractivity contribution in [2.75, 3.05) is 19.0 Å². The molecule has 2 aliphatic carbocycles. The monoisotopic (exact) mass is 837 g/mol. The van der Waals surface area contributed by atoms with Crippen LogP contribution >= 0.6 is 22.7 Å². The zero-order chi connectivity index (χ0) is 41.0. The minimum absolute atomic E-state index is 0.0680. The molecule has 3 amide bonds. The topological polar surface area (TPSA) is 182 Å². The third kappa shape index (κ3) is 8.19. The maximum Gasteiger partial charge on any atom is 0.259 e. The first-order chi connectivity index (χ1) is 26.9. The normalized spacial score (nSPS) is 22.7. The van der Waals surface area contributed by atoms with Crippen molar-refractivity contribution in [2.24, 2.45) is 11.3 Å². The number of pyridine rings is 1. The number of anilines is 1. The molecule has 4 aromatic rings. The molecule has 1 aliphatic heterocycles. The molecule has 2 saturated carbocycles. The van der Waals surface area contributed by atoms with Crippen LogP contribution in [0.5, 0.6) is 11.5 Å². The van der Waals surface area contributed by atoms with Crippen LogP contribution in [-0.2, 0) is 24.4 Å². The Hall–Kier alpha value is -4.35. The summed E-state index contributed by atoms with van der Waals surface area (Å²) in [4.78, 5) is 58.8. The average molecular weight is 838 g/mol. The number of aromatic nitrogens is 3. The molecule has 7 rings (SSSR count). The Bertz CT molecular complexity index is 2290.